The van der Waals surface area contributed by atoms with Crippen LogP contribution >= 0.6 is 11.6 Å². The zero-order valence-corrected chi connectivity index (χ0v) is 11.3. The average Bonchev–Trinajstić information content (AvgIpc) is 3.18. The smallest absolute Gasteiger partial charge is 0.248 e. The van der Waals surface area contributed by atoms with Crippen LogP contribution in [-0.4, -0.2) is 31.0 Å². The lowest BCUT2D eigenvalue weighted by Gasteiger charge is -1.92. The topological polar surface area (TPSA) is 82.8 Å². The lowest BCUT2D eigenvalue weighted by Crippen LogP contribution is -2.00. The molecule has 3 heterocycles. The SMILES string of the molecule is ClCCCc1cn(Cc2nc(-c3ccco3)no2)nn1. The van der Waals surface area contributed by atoms with Gasteiger partial charge in [-0.3, -0.25) is 0 Å². The molecule has 0 saturated heterocycles. The van der Waals surface area contributed by atoms with Gasteiger partial charge in [-0.1, -0.05) is 10.4 Å². The predicted octanol–water partition coefficient (Wildman–Crippen LogP) is 2.14. The Hall–Kier alpha value is -2.15. The first-order valence-corrected chi connectivity index (χ1v) is 6.70. The molecule has 20 heavy (non-hydrogen) atoms. The molecule has 0 saturated carbocycles. The Morgan fingerprint density at radius 2 is 2.30 bits per heavy atom. The second kappa shape index (κ2) is 5.87. The second-order valence-electron chi connectivity index (χ2n) is 4.19. The van der Waals surface area contributed by atoms with Crippen molar-refractivity contribution in [2.24, 2.45) is 0 Å². The van der Waals surface area contributed by atoms with Crippen molar-refractivity contribution in [3.05, 3.63) is 36.2 Å². The minimum absolute atomic E-state index is 0.377. The van der Waals surface area contributed by atoms with E-state index >= 15 is 0 Å². The first-order valence-electron chi connectivity index (χ1n) is 6.16. The average molecular weight is 294 g/mol. The summed E-state index contributed by atoms with van der Waals surface area (Å²) in [7, 11) is 0. The van der Waals surface area contributed by atoms with Gasteiger partial charge in [0.15, 0.2) is 5.76 Å². The lowest BCUT2D eigenvalue weighted by molar-refractivity contribution is 0.363. The molecular formula is C12H12ClN5O2. The van der Waals surface area contributed by atoms with Crippen molar-refractivity contribution in [2.45, 2.75) is 19.4 Å². The van der Waals surface area contributed by atoms with Crippen molar-refractivity contribution in [1.29, 1.82) is 0 Å². The van der Waals surface area contributed by atoms with Crippen LogP contribution in [0.15, 0.2) is 33.5 Å². The molecule has 0 aromatic carbocycles. The third-order valence-electron chi connectivity index (χ3n) is 2.66. The number of aryl methyl sites for hydroxylation is 1. The molecule has 0 aliphatic carbocycles. The predicted molar refractivity (Wildman–Crippen MR) is 70.2 cm³/mol. The third-order valence-corrected chi connectivity index (χ3v) is 2.93. The second-order valence-corrected chi connectivity index (χ2v) is 4.57. The fourth-order valence-electron chi connectivity index (χ4n) is 1.74. The van der Waals surface area contributed by atoms with Crippen molar-refractivity contribution in [3.63, 3.8) is 0 Å². The van der Waals surface area contributed by atoms with Gasteiger partial charge in [0.25, 0.3) is 0 Å². The van der Waals surface area contributed by atoms with Gasteiger partial charge in [-0.25, -0.2) is 4.68 Å². The summed E-state index contributed by atoms with van der Waals surface area (Å²) in [6.45, 7) is 0.377. The molecule has 0 radical (unpaired) electrons. The van der Waals surface area contributed by atoms with Crippen LogP contribution in [0.3, 0.4) is 0 Å². The molecular weight excluding hydrogens is 282 g/mol. The van der Waals surface area contributed by atoms with Crippen molar-refractivity contribution in [1.82, 2.24) is 25.1 Å². The largest absolute Gasteiger partial charge is 0.461 e. The summed E-state index contributed by atoms with van der Waals surface area (Å²) in [5.41, 5.74) is 0.899. The fourth-order valence-corrected chi connectivity index (χ4v) is 1.88. The van der Waals surface area contributed by atoms with E-state index in [0.29, 0.717) is 29.9 Å². The van der Waals surface area contributed by atoms with Gasteiger partial charge in [0.05, 0.1) is 12.0 Å². The van der Waals surface area contributed by atoms with E-state index in [9.17, 15) is 0 Å². The highest BCUT2D eigenvalue weighted by atomic mass is 35.5. The van der Waals surface area contributed by atoms with Crippen LogP contribution in [-0.2, 0) is 13.0 Å². The summed E-state index contributed by atoms with van der Waals surface area (Å²) >= 11 is 5.64. The van der Waals surface area contributed by atoms with Crippen LogP contribution in [0.4, 0.5) is 0 Å². The number of furan rings is 1. The molecule has 7 nitrogen and oxygen atoms in total. The van der Waals surface area contributed by atoms with Crippen LogP contribution in [0.1, 0.15) is 18.0 Å². The molecule has 0 aliphatic rings. The number of aromatic nitrogens is 5. The van der Waals surface area contributed by atoms with Crippen LogP contribution in [0.5, 0.6) is 0 Å². The number of halogens is 1. The number of alkyl halides is 1. The maximum absolute atomic E-state index is 5.64. The van der Waals surface area contributed by atoms with Crippen molar-refractivity contribution in [3.8, 4) is 11.6 Å². The van der Waals surface area contributed by atoms with Gasteiger partial charge in [-0.05, 0) is 25.0 Å². The molecule has 3 aromatic heterocycles. The van der Waals surface area contributed by atoms with E-state index in [4.69, 9.17) is 20.5 Å². The summed E-state index contributed by atoms with van der Waals surface area (Å²) < 4.78 is 12.0. The number of hydrogen-bond donors (Lipinski definition) is 0. The monoisotopic (exact) mass is 293 g/mol. The Morgan fingerprint density at radius 3 is 3.10 bits per heavy atom. The fraction of sp³-hybridized carbons (Fsp3) is 0.333. The summed E-state index contributed by atoms with van der Waals surface area (Å²) in [6.07, 6.45) is 5.10. The zero-order chi connectivity index (χ0) is 13.8. The standard InChI is InChI=1S/C12H12ClN5O2/c13-5-1-3-9-7-18(17-15-9)8-11-14-12(16-20-11)10-4-2-6-19-10/h2,4,6-7H,1,3,5,8H2. The number of hydrogen-bond acceptors (Lipinski definition) is 6. The van der Waals surface area contributed by atoms with E-state index in [1.165, 1.54) is 0 Å². The van der Waals surface area contributed by atoms with Crippen molar-refractivity contribution >= 4 is 11.6 Å². The normalized spacial score (nSPS) is 11.1. The Morgan fingerprint density at radius 1 is 1.35 bits per heavy atom. The quantitative estimate of drug-likeness (QED) is 0.648. The van der Waals surface area contributed by atoms with Crippen LogP contribution in [0.2, 0.25) is 0 Å². The Balaban J connectivity index is 1.67. The zero-order valence-electron chi connectivity index (χ0n) is 10.6. The number of rotatable bonds is 6. The third kappa shape index (κ3) is 2.88. The highest BCUT2D eigenvalue weighted by Crippen LogP contribution is 2.16. The summed E-state index contributed by atoms with van der Waals surface area (Å²) in [5.74, 6) is 2.06. The molecule has 104 valence electrons. The Labute approximate surface area is 119 Å². The Bertz CT molecular complexity index is 661. The molecule has 8 heteroatoms. The van der Waals surface area contributed by atoms with Gasteiger partial charge in [0.1, 0.15) is 6.54 Å². The molecule has 0 fully saturated rings. The van der Waals surface area contributed by atoms with Crippen molar-refractivity contribution in [2.75, 3.05) is 5.88 Å². The van der Waals surface area contributed by atoms with Crippen LogP contribution in [0, 0.1) is 0 Å². The molecule has 0 unspecified atom stereocenters. The minimum Gasteiger partial charge on any atom is -0.461 e. The maximum Gasteiger partial charge on any atom is 0.248 e. The molecule has 0 atom stereocenters. The van der Waals surface area contributed by atoms with E-state index in [2.05, 4.69) is 20.5 Å². The molecule has 0 bridgehead atoms. The Kier molecular flexibility index (Phi) is 3.78. The maximum atomic E-state index is 5.64. The molecule has 0 aliphatic heterocycles. The lowest BCUT2D eigenvalue weighted by atomic mass is 10.3. The molecule has 0 amide bonds. The van der Waals surface area contributed by atoms with E-state index in [1.54, 1.807) is 23.1 Å². The van der Waals surface area contributed by atoms with Crippen LogP contribution < -0.4 is 0 Å². The molecule has 0 spiro atoms. The van der Waals surface area contributed by atoms with Gasteiger partial charge in [0.2, 0.25) is 11.7 Å². The number of nitrogens with zero attached hydrogens (tertiary/aromatic N) is 5. The molecule has 3 rings (SSSR count). The van der Waals surface area contributed by atoms with Gasteiger partial charge >= 0.3 is 0 Å². The first kappa shape index (κ1) is 12.9. The van der Waals surface area contributed by atoms with Gasteiger partial charge in [-0.2, -0.15) is 4.98 Å². The molecule has 3 aromatic rings. The summed E-state index contributed by atoms with van der Waals surface area (Å²) in [5, 5.41) is 11.9. The van der Waals surface area contributed by atoms with E-state index in [-0.39, 0.29) is 0 Å². The van der Waals surface area contributed by atoms with Gasteiger partial charge in [0, 0.05) is 12.1 Å². The minimum atomic E-state index is 0.377. The van der Waals surface area contributed by atoms with E-state index in [0.717, 1.165) is 18.5 Å². The highest BCUT2D eigenvalue weighted by Gasteiger charge is 2.12. The summed E-state index contributed by atoms with van der Waals surface area (Å²) in [4.78, 5) is 4.24. The molecule has 0 N–H and O–H groups in total. The van der Waals surface area contributed by atoms with Crippen LogP contribution in [0.25, 0.3) is 11.6 Å². The van der Waals surface area contributed by atoms with Gasteiger partial charge < -0.3 is 8.94 Å². The van der Waals surface area contributed by atoms with Crippen molar-refractivity contribution < 1.29 is 8.94 Å². The first-order chi connectivity index (χ1) is 9.85. The highest BCUT2D eigenvalue weighted by molar-refractivity contribution is 6.17. The van der Waals surface area contributed by atoms with E-state index in [1.807, 2.05) is 6.20 Å². The summed E-state index contributed by atoms with van der Waals surface area (Å²) in [6, 6.07) is 3.54. The van der Waals surface area contributed by atoms with Gasteiger partial charge in [-0.15, -0.1) is 16.7 Å². The van der Waals surface area contributed by atoms with E-state index < -0.39 is 0 Å².